The highest BCUT2D eigenvalue weighted by atomic mass is 32.2. The molecule has 41 heavy (non-hydrogen) atoms. The van der Waals surface area contributed by atoms with Crippen molar-refractivity contribution in [3.63, 3.8) is 0 Å². The van der Waals surface area contributed by atoms with E-state index in [4.69, 9.17) is 8.83 Å². The van der Waals surface area contributed by atoms with Gasteiger partial charge < -0.3 is 13.0 Å². The Bertz CT molecular complexity index is 1710. The van der Waals surface area contributed by atoms with E-state index in [0.29, 0.717) is 11.6 Å². The fourth-order valence-electron chi connectivity index (χ4n) is 3.57. The lowest BCUT2D eigenvalue weighted by Crippen LogP contribution is -2.05. The Morgan fingerprint density at radius 2 is 1.17 bits per heavy atom. The zero-order valence-corrected chi connectivity index (χ0v) is 23.8. The van der Waals surface area contributed by atoms with Crippen molar-refractivity contribution in [2.24, 2.45) is 0 Å². The van der Waals surface area contributed by atoms with E-state index in [1.807, 2.05) is 54.6 Å². The summed E-state index contributed by atoms with van der Waals surface area (Å²) in [5.41, 5.74) is 5.60. The highest BCUT2D eigenvalue weighted by Crippen LogP contribution is 2.26. The van der Waals surface area contributed by atoms with Gasteiger partial charge in [-0.1, -0.05) is 96.1 Å². The largest absolute Gasteiger partial charge is 0.444 e. The number of aromatic nitrogens is 2. The standard InChI is InChI=1S/C16H13NO.C10H9NO.C7H8O3S/c1-12-7-9-13(10-8-12)15-11-17-16(18-15)14-5-3-2-4-6-14;1-8-2-4-9(5-3-8)10-6-11-7-12-10;1-11(8,9)10-7-5-3-2-4-6-7/h2-11H,1H3;2-7H,1H3;2-6H,1H3. The molecule has 0 amide bonds. The third kappa shape index (κ3) is 9.33. The van der Waals surface area contributed by atoms with Crippen LogP contribution in [0.15, 0.2) is 137 Å². The maximum Gasteiger partial charge on any atom is 0.306 e. The summed E-state index contributed by atoms with van der Waals surface area (Å²) in [4.78, 5) is 8.17. The number of hydrogen-bond donors (Lipinski definition) is 0. The van der Waals surface area contributed by atoms with Crippen molar-refractivity contribution in [2.75, 3.05) is 6.26 Å². The van der Waals surface area contributed by atoms with Crippen molar-refractivity contribution in [1.29, 1.82) is 0 Å². The summed E-state index contributed by atoms with van der Waals surface area (Å²) in [5, 5.41) is 0. The van der Waals surface area contributed by atoms with E-state index < -0.39 is 10.1 Å². The molecule has 8 heteroatoms. The third-order valence-corrected chi connectivity index (χ3v) is 6.12. The van der Waals surface area contributed by atoms with Gasteiger partial charge in [-0.25, -0.2) is 9.97 Å². The molecule has 0 radical (unpaired) electrons. The minimum absolute atomic E-state index is 0.343. The van der Waals surface area contributed by atoms with Crippen molar-refractivity contribution in [3.05, 3.63) is 139 Å². The molecule has 2 heterocycles. The Morgan fingerprint density at radius 1 is 0.634 bits per heavy atom. The second-order valence-corrected chi connectivity index (χ2v) is 10.7. The van der Waals surface area contributed by atoms with Crippen molar-refractivity contribution < 1.29 is 21.4 Å². The molecule has 208 valence electrons. The first-order valence-electron chi connectivity index (χ1n) is 12.8. The maximum absolute atomic E-state index is 10.6. The Morgan fingerprint density at radius 3 is 1.68 bits per heavy atom. The van der Waals surface area contributed by atoms with Crippen LogP contribution in [0.4, 0.5) is 0 Å². The molecule has 4 aromatic carbocycles. The lowest BCUT2D eigenvalue weighted by atomic mass is 10.1. The van der Waals surface area contributed by atoms with E-state index in [2.05, 4.69) is 52.3 Å². The second kappa shape index (κ2) is 13.9. The number of rotatable bonds is 5. The fourth-order valence-corrected chi connectivity index (χ4v) is 4.03. The number of oxazole rings is 2. The third-order valence-electron chi connectivity index (χ3n) is 5.62. The normalized spacial score (nSPS) is 10.5. The zero-order chi connectivity index (χ0) is 29.1. The topological polar surface area (TPSA) is 95.4 Å². The van der Waals surface area contributed by atoms with Gasteiger partial charge in [0, 0.05) is 16.7 Å². The van der Waals surface area contributed by atoms with E-state index in [9.17, 15) is 8.42 Å². The van der Waals surface area contributed by atoms with Crippen LogP contribution in [0.5, 0.6) is 5.75 Å². The molecule has 0 N–H and O–H groups in total. The van der Waals surface area contributed by atoms with Crippen molar-refractivity contribution >= 4 is 10.1 Å². The number of para-hydroxylation sites is 1. The predicted molar refractivity (Wildman–Crippen MR) is 161 cm³/mol. The lowest BCUT2D eigenvalue weighted by Gasteiger charge is -1.99. The van der Waals surface area contributed by atoms with Gasteiger partial charge >= 0.3 is 10.1 Å². The number of aryl methyl sites for hydroxylation is 2. The van der Waals surface area contributed by atoms with Crippen LogP contribution in [-0.4, -0.2) is 24.6 Å². The highest BCUT2D eigenvalue weighted by Gasteiger charge is 2.07. The molecule has 7 nitrogen and oxygen atoms in total. The summed E-state index contributed by atoms with van der Waals surface area (Å²) in [6.07, 6.45) is 5.94. The van der Waals surface area contributed by atoms with E-state index >= 15 is 0 Å². The Labute approximate surface area is 240 Å². The number of hydrogen-bond acceptors (Lipinski definition) is 7. The molecule has 2 aromatic heterocycles. The van der Waals surface area contributed by atoms with Gasteiger partial charge in [0.25, 0.3) is 0 Å². The van der Waals surface area contributed by atoms with Crippen LogP contribution in [-0.2, 0) is 10.1 Å². The quantitative estimate of drug-likeness (QED) is 0.195. The first-order valence-corrected chi connectivity index (χ1v) is 14.6. The predicted octanol–water partition coefficient (Wildman–Crippen LogP) is 7.99. The summed E-state index contributed by atoms with van der Waals surface area (Å²) >= 11 is 0. The molecule has 0 spiro atoms. The zero-order valence-electron chi connectivity index (χ0n) is 23.0. The molecule has 0 aliphatic carbocycles. The Balaban J connectivity index is 0.000000148. The lowest BCUT2D eigenvalue weighted by molar-refractivity contribution is 0.493. The molecule has 0 atom stereocenters. The van der Waals surface area contributed by atoms with Gasteiger partial charge in [-0.05, 0) is 38.1 Å². The molecule has 0 bridgehead atoms. The van der Waals surface area contributed by atoms with Gasteiger partial charge in [0.2, 0.25) is 5.89 Å². The molecular weight excluding hydrogens is 536 g/mol. The Kier molecular flexibility index (Phi) is 9.85. The average Bonchev–Trinajstić information content (AvgIpc) is 3.68. The summed E-state index contributed by atoms with van der Waals surface area (Å²) in [6, 6.07) is 34.7. The summed E-state index contributed by atoms with van der Waals surface area (Å²) in [7, 11) is -3.38. The van der Waals surface area contributed by atoms with Crippen molar-refractivity contribution in [2.45, 2.75) is 13.8 Å². The second-order valence-electron chi connectivity index (χ2n) is 9.09. The monoisotopic (exact) mass is 566 g/mol. The van der Waals surface area contributed by atoms with Crippen LogP contribution < -0.4 is 4.18 Å². The molecule has 0 saturated carbocycles. The molecule has 0 unspecified atom stereocenters. The number of nitrogens with zero attached hydrogens (tertiary/aromatic N) is 2. The van der Waals surface area contributed by atoms with Gasteiger partial charge in [-0.2, -0.15) is 8.42 Å². The Hall–Kier alpha value is -4.95. The van der Waals surface area contributed by atoms with E-state index in [-0.39, 0.29) is 0 Å². The van der Waals surface area contributed by atoms with Crippen LogP contribution in [0.1, 0.15) is 11.1 Å². The van der Waals surface area contributed by atoms with Crippen LogP contribution in [0.2, 0.25) is 0 Å². The van der Waals surface area contributed by atoms with Gasteiger partial charge in [-0.15, -0.1) is 0 Å². The van der Waals surface area contributed by atoms with Crippen LogP contribution in [0.3, 0.4) is 0 Å². The van der Waals surface area contributed by atoms with Gasteiger partial charge in [-0.3, -0.25) is 0 Å². The number of benzene rings is 4. The maximum atomic E-state index is 10.6. The van der Waals surface area contributed by atoms with Gasteiger partial charge in [0.15, 0.2) is 17.9 Å². The molecule has 6 aromatic rings. The first kappa shape index (κ1) is 29.0. The van der Waals surface area contributed by atoms with Gasteiger partial charge in [0.1, 0.15) is 5.75 Å². The molecule has 0 aliphatic rings. The molecule has 0 aliphatic heterocycles. The van der Waals surface area contributed by atoms with Gasteiger partial charge in [0.05, 0.1) is 18.6 Å². The van der Waals surface area contributed by atoms with Crippen molar-refractivity contribution in [3.8, 4) is 39.9 Å². The average molecular weight is 567 g/mol. The van der Waals surface area contributed by atoms with E-state index in [0.717, 1.165) is 34.5 Å². The van der Waals surface area contributed by atoms with E-state index in [1.165, 1.54) is 17.5 Å². The molecule has 0 saturated heterocycles. The summed E-state index contributed by atoms with van der Waals surface area (Å²) in [6.45, 7) is 4.13. The minimum Gasteiger partial charge on any atom is -0.444 e. The first-order chi connectivity index (χ1) is 19.8. The minimum atomic E-state index is -3.38. The SMILES string of the molecule is CS(=O)(=O)Oc1ccccc1.Cc1ccc(-c2cnc(-c3ccccc3)o2)cc1.Cc1ccc(-c2cnco2)cc1. The van der Waals surface area contributed by atoms with Crippen LogP contribution in [0, 0.1) is 13.8 Å². The highest BCUT2D eigenvalue weighted by molar-refractivity contribution is 7.86. The smallest absolute Gasteiger partial charge is 0.306 e. The molecule has 6 rings (SSSR count). The molecule has 0 fully saturated rings. The van der Waals surface area contributed by atoms with Crippen LogP contribution >= 0.6 is 0 Å². The summed E-state index contributed by atoms with van der Waals surface area (Å²) < 4.78 is 36.7. The molecular formula is C33H30N2O5S. The van der Waals surface area contributed by atoms with Crippen molar-refractivity contribution in [1.82, 2.24) is 9.97 Å². The van der Waals surface area contributed by atoms with Crippen LogP contribution in [0.25, 0.3) is 34.1 Å². The summed E-state index contributed by atoms with van der Waals surface area (Å²) in [5.74, 6) is 2.62. The van der Waals surface area contributed by atoms with E-state index in [1.54, 1.807) is 42.7 Å². The fraction of sp³-hybridized carbons (Fsp3) is 0.0909.